The molecule has 0 bridgehead atoms. The van der Waals surface area contributed by atoms with Crippen molar-refractivity contribution in [1.82, 2.24) is 0 Å². The van der Waals surface area contributed by atoms with E-state index in [9.17, 15) is 0 Å². The molecule has 0 saturated carbocycles. The minimum atomic E-state index is -0.272. The first-order valence-electron chi connectivity index (χ1n) is 5.40. The molecule has 0 atom stereocenters. The molecule has 1 aromatic carbocycles. The highest BCUT2D eigenvalue weighted by Crippen LogP contribution is 2.32. The molecular weight excluding hydrogens is 288 g/mol. The van der Waals surface area contributed by atoms with Gasteiger partial charge < -0.3 is 18.9 Å². The van der Waals surface area contributed by atoms with E-state index in [0.717, 1.165) is 15.6 Å². The van der Waals surface area contributed by atoms with E-state index < -0.39 is 0 Å². The Labute approximate surface area is 109 Å². The molecule has 1 aliphatic rings. The number of hydrogen-bond donors (Lipinski definition) is 0. The van der Waals surface area contributed by atoms with E-state index in [1.807, 2.05) is 18.2 Å². The van der Waals surface area contributed by atoms with Gasteiger partial charge in [-0.3, -0.25) is 0 Å². The number of hydrogen-bond acceptors (Lipinski definition) is 4. The first-order chi connectivity index (χ1) is 8.33. The SMILES string of the molecule is COCOCc1cccc(C2OCCO2)c1Br. The lowest BCUT2D eigenvalue weighted by Gasteiger charge is -2.14. The highest BCUT2D eigenvalue weighted by Gasteiger charge is 2.21. The van der Waals surface area contributed by atoms with Gasteiger partial charge >= 0.3 is 0 Å². The standard InChI is InChI=1S/C12H15BrO4/c1-14-8-15-7-9-3-2-4-10(11(9)13)12-16-5-6-17-12/h2-4,12H,5-8H2,1H3. The number of halogens is 1. The van der Waals surface area contributed by atoms with Crippen molar-refractivity contribution in [3.05, 3.63) is 33.8 Å². The van der Waals surface area contributed by atoms with Gasteiger partial charge in [0, 0.05) is 17.1 Å². The van der Waals surface area contributed by atoms with E-state index >= 15 is 0 Å². The maximum atomic E-state index is 5.48. The molecule has 17 heavy (non-hydrogen) atoms. The summed E-state index contributed by atoms with van der Waals surface area (Å²) in [6, 6.07) is 5.95. The van der Waals surface area contributed by atoms with Crippen molar-refractivity contribution in [1.29, 1.82) is 0 Å². The van der Waals surface area contributed by atoms with Crippen molar-refractivity contribution in [2.45, 2.75) is 12.9 Å². The van der Waals surface area contributed by atoms with E-state index in [0.29, 0.717) is 19.8 Å². The Hall–Kier alpha value is -0.460. The van der Waals surface area contributed by atoms with Crippen LogP contribution in [0.2, 0.25) is 0 Å². The van der Waals surface area contributed by atoms with Crippen LogP contribution < -0.4 is 0 Å². The third kappa shape index (κ3) is 3.26. The maximum absolute atomic E-state index is 5.48. The molecular formula is C12H15BrO4. The fourth-order valence-electron chi connectivity index (χ4n) is 1.67. The minimum absolute atomic E-state index is 0.272. The van der Waals surface area contributed by atoms with Crippen molar-refractivity contribution in [2.24, 2.45) is 0 Å². The zero-order valence-corrected chi connectivity index (χ0v) is 11.2. The molecule has 0 spiro atoms. The minimum Gasteiger partial charge on any atom is -0.359 e. The van der Waals surface area contributed by atoms with Gasteiger partial charge in [0.2, 0.25) is 0 Å². The van der Waals surface area contributed by atoms with Gasteiger partial charge in [0.15, 0.2) is 6.29 Å². The molecule has 94 valence electrons. The lowest BCUT2D eigenvalue weighted by Crippen LogP contribution is -2.03. The van der Waals surface area contributed by atoms with Crippen LogP contribution in [0.25, 0.3) is 0 Å². The van der Waals surface area contributed by atoms with Crippen LogP contribution in [0.5, 0.6) is 0 Å². The summed E-state index contributed by atoms with van der Waals surface area (Å²) in [5.41, 5.74) is 2.06. The summed E-state index contributed by atoms with van der Waals surface area (Å²) in [4.78, 5) is 0. The van der Waals surface area contributed by atoms with Crippen LogP contribution in [0.3, 0.4) is 0 Å². The predicted octanol–water partition coefficient (Wildman–Crippen LogP) is 2.62. The molecule has 0 aromatic heterocycles. The average Bonchev–Trinajstić information content (AvgIpc) is 2.85. The summed E-state index contributed by atoms with van der Waals surface area (Å²) in [5, 5.41) is 0. The molecule has 5 heteroatoms. The van der Waals surface area contributed by atoms with Gasteiger partial charge in [-0.2, -0.15) is 0 Å². The van der Waals surface area contributed by atoms with Crippen LogP contribution in [0.15, 0.2) is 22.7 Å². The van der Waals surface area contributed by atoms with Gasteiger partial charge in [0.25, 0.3) is 0 Å². The Morgan fingerprint density at radius 3 is 2.82 bits per heavy atom. The highest BCUT2D eigenvalue weighted by atomic mass is 79.9. The van der Waals surface area contributed by atoms with Crippen molar-refractivity contribution in [3.8, 4) is 0 Å². The fourth-order valence-corrected chi connectivity index (χ4v) is 2.23. The number of methoxy groups -OCH3 is 1. The monoisotopic (exact) mass is 302 g/mol. The second-order valence-corrected chi connectivity index (χ2v) is 4.44. The first kappa shape index (κ1) is 13.0. The zero-order chi connectivity index (χ0) is 12.1. The molecule has 1 fully saturated rings. The Bertz CT molecular complexity index is 364. The molecule has 0 radical (unpaired) electrons. The van der Waals surface area contributed by atoms with E-state index in [-0.39, 0.29) is 13.1 Å². The molecule has 1 saturated heterocycles. The molecule has 2 rings (SSSR count). The fraction of sp³-hybridized carbons (Fsp3) is 0.500. The summed E-state index contributed by atoms with van der Waals surface area (Å²) in [5.74, 6) is 0. The van der Waals surface area contributed by atoms with Gasteiger partial charge in [-0.15, -0.1) is 0 Å². The molecule has 1 heterocycles. The van der Waals surface area contributed by atoms with E-state index in [4.69, 9.17) is 18.9 Å². The number of ether oxygens (including phenoxy) is 4. The van der Waals surface area contributed by atoms with E-state index in [1.165, 1.54) is 0 Å². The molecule has 0 N–H and O–H groups in total. The second-order valence-electron chi connectivity index (χ2n) is 3.65. The van der Waals surface area contributed by atoms with E-state index in [1.54, 1.807) is 7.11 Å². The summed E-state index contributed by atoms with van der Waals surface area (Å²) in [6.45, 7) is 2.06. The van der Waals surface area contributed by atoms with Crippen molar-refractivity contribution in [3.63, 3.8) is 0 Å². The Balaban J connectivity index is 2.09. The maximum Gasteiger partial charge on any atom is 0.185 e. The average molecular weight is 303 g/mol. The van der Waals surface area contributed by atoms with Crippen LogP contribution in [0.4, 0.5) is 0 Å². The molecule has 4 nitrogen and oxygen atoms in total. The normalized spacial score (nSPS) is 16.6. The lowest BCUT2D eigenvalue weighted by atomic mass is 10.1. The Morgan fingerprint density at radius 1 is 1.35 bits per heavy atom. The van der Waals surface area contributed by atoms with Gasteiger partial charge in [0.05, 0.1) is 19.8 Å². The predicted molar refractivity (Wildman–Crippen MR) is 65.5 cm³/mol. The largest absolute Gasteiger partial charge is 0.359 e. The molecule has 0 unspecified atom stereocenters. The van der Waals surface area contributed by atoms with Crippen LogP contribution in [0, 0.1) is 0 Å². The topological polar surface area (TPSA) is 36.9 Å². The van der Waals surface area contributed by atoms with Gasteiger partial charge in [-0.05, 0) is 21.5 Å². The van der Waals surface area contributed by atoms with Crippen LogP contribution in [-0.2, 0) is 25.6 Å². The van der Waals surface area contributed by atoms with Crippen molar-refractivity contribution < 1.29 is 18.9 Å². The third-order valence-corrected chi connectivity index (χ3v) is 3.41. The van der Waals surface area contributed by atoms with Crippen molar-refractivity contribution >= 4 is 15.9 Å². The second kappa shape index (κ2) is 6.47. The van der Waals surface area contributed by atoms with Crippen LogP contribution in [0.1, 0.15) is 17.4 Å². The highest BCUT2D eigenvalue weighted by molar-refractivity contribution is 9.10. The van der Waals surface area contributed by atoms with Gasteiger partial charge in [-0.25, -0.2) is 0 Å². The Morgan fingerprint density at radius 2 is 2.12 bits per heavy atom. The van der Waals surface area contributed by atoms with Crippen LogP contribution >= 0.6 is 15.9 Å². The summed E-state index contributed by atoms with van der Waals surface area (Å²) >= 11 is 3.56. The molecule has 0 aliphatic carbocycles. The summed E-state index contributed by atoms with van der Waals surface area (Å²) < 4.78 is 22.1. The number of rotatable bonds is 5. The molecule has 1 aromatic rings. The quantitative estimate of drug-likeness (QED) is 0.619. The third-order valence-electron chi connectivity index (χ3n) is 2.44. The summed E-state index contributed by atoms with van der Waals surface area (Å²) in [7, 11) is 1.60. The van der Waals surface area contributed by atoms with Gasteiger partial charge in [-0.1, -0.05) is 18.2 Å². The van der Waals surface area contributed by atoms with Crippen LogP contribution in [-0.4, -0.2) is 27.1 Å². The van der Waals surface area contributed by atoms with Crippen molar-refractivity contribution in [2.75, 3.05) is 27.1 Å². The summed E-state index contributed by atoms with van der Waals surface area (Å²) in [6.07, 6.45) is -0.272. The van der Waals surface area contributed by atoms with Gasteiger partial charge in [0.1, 0.15) is 6.79 Å². The Kier molecular flexibility index (Phi) is 4.94. The number of benzene rings is 1. The zero-order valence-electron chi connectivity index (χ0n) is 9.65. The molecule has 1 aliphatic heterocycles. The van der Waals surface area contributed by atoms with E-state index in [2.05, 4.69) is 15.9 Å². The first-order valence-corrected chi connectivity index (χ1v) is 6.19. The molecule has 0 amide bonds. The lowest BCUT2D eigenvalue weighted by molar-refractivity contribution is -0.0461. The smallest absolute Gasteiger partial charge is 0.185 e.